The zero-order valence-corrected chi connectivity index (χ0v) is 14.4. The van der Waals surface area contributed by atoms with Crippen molar-refractivity contribution in [2.75, 3.05) is 5.73 Å². The standard InChI is InChI=1S/C17H19ClN6/c1-10-13(6-4-7-14(10)18)15-9-12(21-17(19)22-15)5-3-8-16-20-11(2)23-24-16/h4,6-7,9H,3,5,8H2,1-2H3,(H2,19,21,22)(H,20,23,24). The van der Waals surface area contributed by atoms with Gasteiger partial charge in [-0.05, 0) is 44.4 Å². The van der Waals surface area contributed by atoms with E-state index in [0.29, 0.717) is 5.02 Å². The van der Waals surface area contributed by atoms with Crippen LogP contribution in [0.15, 0.2) is 24.3 Å². The van der Waals surface area contributed by atoms with Gasteiger partial charge in [0.2, 0.25) is 5.95 Å². The average Bonchev–Trinajstić information content (AvgIpc) is 2.95. The number of nitrogen functional groups attached to an aromatic ring is 1. The number of nitrogens with one attached hydrogen (secondary N) is 1. The van der Waals surface area contributed by atoms with Gasteiger partial charge >= 0.3 is 0 Å². The molecule has 0 saturated heterocycles. The molecule has 0 amide bonds. The summed E-state index contributed by atoms with van der Waals surface area (Å²) in [5.41, 5.74) is 9.55. The van der Waals surface area contributed by atoms with E-state index in [2.05, 4.69) is 25.1 Å². The molecule has 0 atom stereocenters. The molecule has 0 spiro atoms. The number of rotatable bonds is 5. The maximum atomic E-state index is 6.21. The summed E-state index contributed by atoms with van der Waals surface area (Å²) < 4.78 is 0. The molecule has 3 N–H and O–H groups in total. The molecular formula is C17H19ClN6. The van der Waals surface area contributed by atoms with Crippen LogP contribution in [0.25, 0.3) is 11.3 Å². The van der Waals surface area contributed by atoms with Gasteiger partial charge in [-0.25, -0.2) is 15.0 Å². The van der Waals surface area contributed by atoms with Crippen LogP contribution in [0, 0.1) is 13.8 Å². The first-order valence-electron chi connectivity index (χ1n) is 7.79. The van der Waals surface area contributed by atoms with Crippen molar-refractivity contribution in [3.63, 3.8) is 0 Å². The Kier molecular flexibility index (Phi) is 4.76. The maximum absolute atomic E-state index is 6.21. The Hall–Kier alpha value is -2.47. The number of nitrogens with two attached hydrogens (primary N) is 1. The Morgan fingerprint density at radius 1 is 1.12 bits per heavy atom. The predicted molar refractivity (Wildman–Crippen MR) is 94.8 cm³/mol. The monoisotopic (exact) mass is 342 g/mol. The maximum Gasteiger partial charge on any atom is 0.220 e. The van der Waals surface area contributed by atoms with Gasteiger partial charge in [-0.3, -0.25) is 5.10 Å². The van der Waals surface area contributed by atoms with E-state index in [1.807, 2.05) is 38.1 Å². The van der Waals surface area contributed by atoms with E-state index < -0.39 is 0 Å². The second-order valence-corrected chi connectivity index (χ2v) is 6.11. The Balaban J connectivity index is 1.77. The number of aryl methyl sites for hydroxylation is 3. The largest absolute Gasteiger partial charge is 0.368 e. The topological polar surface area (TPSA) is 93.4 Å². The zero-order chi connectivity index (χ0) is 17.1. The number of nitrogens with zero attached hydrogens (tertiary/aromatic N) is 4. The van der Waals surface area contributed by atoms with Gasteiger partial charge in [0.25, 0.3) is 0 Å². The van der Waals surface area contributed by atoms with Crippen molar-refractivity contribution in [2.45, 2.75) is 33.1 Å². The molecule has 24 heavy (non-hydrogen) atoms. The molecule has 124 valence electrons. The Morgan fingerprint density at radius 3 is 2.71 bits per heavy atom. The van der Waals surface area contributed by atoms with E-state index in [0.717, 1.165) is 53.4 Å². The molecule has 0 saturated carbocycles. The summed E-state index contributed by atoms with van der Waals surface area (Å²) in [7, 11) is 0. The minimum Gasteiger partial charge on any atom is -0.368 e. The van der Waals surface area contributed by atoms with Crippen LogP contribution in [-0.4, -0.2) is 25.1 Å². The molecule has 2 aromatic heterocycles. The van der Waals surface area contributed by atoms with Crippen molar-refractivity contribution in [2.24, 2.45) is 0 Å². The number of hydrogen-bond donors (Lipinski definition) is 2. The summed E-state index contributed by atoms with van der Waals surface area (Å²) in [6.45, 7) is 3.86. The lowest BCUT2D eigenvalue weighted by Crippen LogP contribution is -2.02. The lowest BCUT2D eigenvalue weighted by atomic mass is 10.0. The minimum absolute atomic E-state index is 0.274. The molecule has 0 aliphatic carbocycles. The van der Waals surface area contributed by atoms with Crippen LogP contribution < -0.4 is 5.73 Å². The first-order valence-corrected chi connectivity index (χ1v) is 8.17. The van der Waals surface area contributed by atoms with Crippen molar-refractivity contribution in [3.05, 3.63) is 52.2 Å². The lowest BCUT2D eigenvalue weighted by Gasteiger charge is -2.09. The third-order valence-corrected chi connectivity index (χ3v) is 4.23. The smallest absolute Gasteiger partial charge is 0.220 e. The quantitative estimate of drug-likeness (QED) is 0.742. The van der Waals surface area contributed by atoms with E-state index in [4.69, 9.17) is 17.3 Å². The van der Waals surface area contributed by atoms with E-state index in [-0.39, 0.29) is 5.95 Å². The predicted octanol–water partition coefficient (Wildman–Crippen LogP) is 3.29. The highest BCUT2D eigenvalue weighted by atomic mass is 35.5. The van der Waals surface area contributed by atoms with Crippen LogP contribution in [0.2, 0.25) is 5.02 Å². The molecule has 0 radical (unpaired) electrons. The Labute approximate surface area is 145 Å². The van der Waals surface area contributed by atoms with Crippen LogP contribution in [0.3, 0.4) is 0 Å². The highest BCUT2D eigenvalue weighted by Crippen LogP contribution is 2.27. The molecule has 3 rings (SSSR count). The van der Waals surface area contributed by atoms with Gasteiger partial charge in [-0.1, -0.05) is 23.7 Å². The third-order valence-electron chi connectivity index (χ3n) is 3.82. The van der Waals surface area contributed by atoms with Crippen molar-refractivity contribution in [1.82, 2.24) is 25.1 Å². The first-order chi connectivity index (χ1) is 11.5. The molecule has 1 aromatic carbocycles. The highest BCUT2D eigenvalue weighted by Gasteiger charge is 2.10. The van der Waals surface area contributed by atoms with Gasteiger partial charge in [-0.15, -0.1) is 0 Å². The molecular weight excluding hydrogens is 324 g/mol. The van der Waals surface area contributed by atoms with E-state index in [1.165, 1.54) is 0 Å². The summed E-state index contributed by atoms with van der Waals surface area (Å²) in [4.78, 5) is 13.0. The van der Waals surface area contributed by atoms with Gasteiger partial charge in [0.05, 0.1) is 5.69 Å². The van der Waals surface area contributed by atoms with Gasteiger partial charge in [-0.2, -0.15) is 5.10 Å². The number of H-pyrrole nitrogens is 1. The number of benzene rings is 1. The molecule has 7 heteroatoms. The molecule has 3 aromatic rings. The van der Waals surface area contributed by atoms with Crippen LogP contribution in [0.4, 0.5) is 5.95 Å². The summed E-state index contributed by atoms with van der Waals surface area (Å²) in [5, 5.41) is 7.71. The fraction of sp³-hybridized carbons (Fsp3) is 0.294. The van der Waals surface area contributed by atoms with Crippen LogP contribution in [0.5, 0.6) is 0 Å². The molecule has 0 fully saturated rings. The average molecular weight is 343 g/mol. The van der Waals surface area contributed by atoms with Crippen molar-refractivity contribution in [1.29, 1.82) is 0 Å². The van der Waals surface area contributed by atoms with E-state index in [9.17, 15) is 0 Å². The van der Waals surface area contributed by atoms with Crippen LogP contribution in [-0.2, 0) is 12.8 Å². The second kappa shape index (κ2) is 6.97. The molecule has 0 unspecified atom stereocenters. The van der Waals surface area contributed by atoms with Gasteiger partial charge in [0.15, 0.2) is 5.82 Å². The Morgan fingerprint density at radius 2 is 1.96 bits per heavy atom. The van der Waals surface area contributed by atoms with E-state index in [1.54, 1.807) is 0 Å². The van der Waals surface area contributed by atoms with Gasteiger partial charge in [0.1, 0.15) is 5.82 Å². The van der Waals surface area contributed by atoms with Crippen molar-refractivity contribution >= 4 is 17.5 Å². The fourth-order valence-corrected chi connectivity index (χ4v) is 2.77. The number of aromatic nitrogens is 5. The van der Waals surface area contributed by atoms with Crippen molar-refractivity contribution < 1.29 is 0 Å². The summed E-state index contributed by atoms with van der Waals surface area (Å²) in [6, 6.07) is 7.74. The van der Waals surface area contributed by atoms with Gasteiger partial charge < -0.3 is 5.73 Å². The summed E-state index contributed by atoms with van der Waals surface area (Å²) in [6.07, 6.45) is 2.47. The molecule has 0 aliphatic rings. The number of halogens is 1. The van der Waals surface area contributed by atoms with Gasteiger partial charge in [0, 0.05) is 22.7 Å². The Bertz CT molecular complexity index is 858. The number of hydrogen-bond acceptors (Lipinski definition) is 5. The zero-order valence-electron chi connectivity index (χ0n) is 13.7. The normalized spacial score (nSPS) is 11.0. The molecule has 0 bridgehead atoms. The number of aromatic amines is 1. The highest BCUT2D eigenvalue weighted by molar-refractivity contribution is 6.31. The molecule has 2 heterocycles. The first kappa shape index (κ1) is 16.4. The lowest BCUT2D eigenvalue weighted by molar-refractivity contribution is 0.759. The minimum atomic E-state index is 0.274. The summed E-state index contributed by atoms with van der Waals surface area (Å²) >= 11 is 6.21. The summed E-state index contributed by atoms with van der Waals surface area (Å²) in [5.74, 6) is 1.92. The fourth-order valence-electron chi connectivity index (χ4n) is 2.60. The second-order valence-electron chi connectivity index (χ2n) is 5.71. The van der Waals surface area contributed by atoms with E-state index >= 15 is 0 Å². The SMILES string of the molecule is Cc1nc(CCCc2cc(-c3cccc(Cl)c3C)nc(N)n2)n[nH]1. The molecule has 6 nitrogen and oxygen atoms in total. The van der Waals surface area contributed by atoms with Crippen LogP contribution in [0.1, 0.15) is 29.3 Å². The molecule has 0 aliphatic heterocycles. The number of anilines is 1. The van der Waals surface area contributed by atoms with Crippen LogP contribution >= 0.6 is 11.6 Å². The van der Waals surface area contributed by atoms with Crippen molar-refractivity contribution in [3.8, 4) is 11.3 Å². The third kappa shape index (κ3) is 3.71.